The van der Waals surface area contributed by atoms with Gasteiger partial charge in [-0.25, -0.2) is 4.98 Å². The van der Waals surface area contributed by atoms with Crippen molar-refractivity contribution in [1.29, 1.82) is 0 Å². The van der Waals surface area contributed by atoms with Crippen molar-refractivity contribution in [3.8, 4) is 5.75 Å². The zero-order valence-electron chi connectivity index (χ0n) is 12.4. The normalized spacial score (nSPS) is 23.3. The molecule has 3 rings (SSSR count). The Kier molecular flexibility index (Phi) is 4.25. The standard InChI is InChI=1S/C17H23N3O/c1-2-15(13-6-8-14(21)9-7-13)19-16-4-3-5-17(16)20-11-10-18-12-20/h6-12,15-17,19,21H,2-5H2,1H3. The molecule has 2 aromatic rings. The highest BCUT2D eigenvalue weighted by atomic mass is 16.3. The topological polar surface area (TPSA) is 50.1 Å². The maximum Gasteiger partial charge on any atom is 0.115 e. The molecule has 0 aliphatic heterocycles. The molecule has 1 aliphatic rings. The number of hydrogen-bond donors (Lipinski definition) is 2. The first-order valence-corrected chi connectivity index (χ1v) is 7.80. The van der Waals surface area contributed by atoms with Crippen LogP contribution in [0.1, 0.15) is 50.3 Å². The number of hydrogen-bond acceptors (Lipinski definition) is 3. The monoisotopic (exact) mass is 285 g/mol. The van der Waals surface area contributed by atoms with Crippen molar-refractivity contribution >= 4 is 0 Å². The van der Waals surface area contributed by atoms with E-state index in [0.29, 0.717) is 23.9 Å². The molecule has 0 spiro atoms. The highest BCUT2D eigenvalue weighted by Crippen LogP contribution is 2.32. The fourth-order valence-corrected chi connectivity index (χ4v) is 3.37. The van der Waals surface area contributed by atoms with E-state index in [1.165, 1.54) is 24.8 Å². The van der Waals surface area contributed by atoms with Gasteiger partial charge in [-0.3, -0.25) is 0 Å². The number of benzene rings is 1. The Morgan fingerprint density at radius 3 is 2.81 bits per heavy atom. The van der Waals surface area contributed by atoms with Crippen LogP contribution in [0.25, 0.3) is 0 Å². The third kappa shape index (κ3) is 3.10. The summed E-state index contributed by atoms with van der Waals surface area (Å²) < 4.78 is 2.23. The molecule has 3 unspecified atom stereocenters. The van der Waals surface area contributed by atoms with Gasteiger partial charge in [0.1, 0.15) is 5.75 Å². The van der Waals surface area contributed by atoms with E-state index in [2.05, 4.69) is 28.0 Å². The number of phenolic OH excluding ortho intramolecular Hbond substituents is 1. The van der Waals surface area contributed by atoms with Gasteiger partial charge in [-0.2, -0.15) is 0 Å². The summed E-state index contributed by atoms with van der Waals surface area (Å²) in [4.78, 5) is 4.18. The van der Waals surface area contributed by atoms with Crippen LogP contribution in [0.2, 0.25) is 0 Å². The Morgan fingerprint density at radius 1 is 1.33 bits per heavy atom. The molecule has 3 atom stereocenters. The molecular weight excluding hydrogens is 262 g/mol. The summed E-state index contributed by atoms with van der Waals surface area (Å²) in [6, 6.07) is 8.87. The van der Waals surface area contributed by atoms with E-state index >= 15 is 0 Å². The molecule has 1 aliphatic carbocycles. The van der Waals surface area contributed by atoms with E-state index in [1.54, 1.807) is 12.1 Å². The fourth-order valence-electron chi connectivity index (χ4n) is 3.37. The van der Waals surface area contributed by atoms with Crippen LogP contribution >= 0.6 is 0 Å². The Bertz CT molecular complexity index is 550. The number of imidazole rings is 1. The first-order valence-electron chi connectivity index (χ1n) is 7.80. The van der Waals surface area contributed by atoms with Gasteiger partial charge < -0.3 is 15.0 Å². The molecule has 112 valence electrons. The lowest BCUT2D eigenvalue weighted by Crippen LogP contribution is -2.36. The Balaban J connectivity index is 1.72. The molecule has 1 saturated carbocycles. The summed E-state index contributed by atoms with van der Waals surface area (Å²) in [6.07, 6.45) is 10.5. The minimum atomic E-state index is 0.325. The lowest BCUT2D eigenvalue weighted by atomic mass is 10.0. The summed E-state index contributed by atoms with van der Waals surface area (Å²) in [7, 11) is 0. The van der Waals surface area contributed by atoms with Crippen molar-refractivity contribution in [3.63, 3.8) is 0 Å². The van der Waals surface area contributed by atoms with E-state index in [9.17, 15) is 5.11 Å². The molecule has 0 radical (unpaired) electrons. The number of nitrogens with one attached hydrogen (secondary N) is 1. The molecule has 0 saturated heterocycles. The van der Waals surface area contributed by atoms with Crippen LogP contribution in [0.5, 0.6) is 5.75 Å². The van der Waals surface area contributed by atoms with Crippen LogP contribution in [-0.4, -0.2) is 20.7 Å². The molecule has 1 heterocycles. The van der Waals surface area contributed by atoms with Crippen molar-refractivity contribution < 1.29 is 5.11 Å². The van der Waals surface area contributed by atoms with Crippen LogP contribution in [0.4, 0.5) is 0 Å². The van der Waals surface area contributed by atoms with E-state index in [4.69, 9.17) is 0 Å². The van der Waals surface area contributed by atoms with Crippen molar-refractivity contribution in [2.45, 2.75) is 50.7 Å². The van der Waals surface area contributed by atoms with Gasteiger partial charge in [0.25, 0.3) is 0 Å². The predicted molar refractivity (Wildman–Crippen MR) is 83.2 cm³/mol. The van der Waals surface area contributed by atoms with Gasteiger partial charge in [-0.1, -0.05) is 19.1 Å². The van der Waals surface area contributed by atoms with Crippen LogP contribution in [0.15, 0.2) is 43.0 Å². The number of aromatic nitrogens is 2. The minimum absolute atomic E-state index is 0.325. The number of rotatable bonds is 5. The Hall–Kier alpha value is -1.81. The first-order chi connectivity index (χ1) is 10.3. The summed E-state index contributed by atoms with van der Waals surface area (Å²) in [5.74, 6) is 0.325. The summed E-state index contributed by atoms with van der Waals surface area (Å²) in [5.41, 5.74) is 1.24. The van der Waals surface area contributed by atoms with E-state index < -0.39 is 0 Å². The second kappa shape index (κ2) is 6.31. The summed E-state index contributed by atoms with van der Waals surface area (Å²) >= 11 is 0. The zero-order valence-corrected chi connectivity index (χ0v) is 12.4. The Labute approximate surface area is 125 Å². The number of aromatic hydroxyl groups is 1. The van der Waals surface area contributed by atoms with Gasteiger partial charge in [0.2, 0.25) is 0 Å². The second-order valence-corrected chi connectivity index (χ2v) is 5.83. The smallest absolute Gasteiger partial charge is 0.115 e. The Morgan fingerprint density at radius 2 is 2.14 bits per heavy atom. The molecule has 0 bridgehead atoms. The van der Waals surface area contributed by atoms with Crippen molar-refractivity contribution in [2.24, 2.45) is 0 Å². The van der Waals surface area contributed by atoms with Gasteiger partial charge in [-0.15, -0.1) is 0 Å². The molecule has 4 heteroatoms. The van der Waals surface area contributed by atoms with Gasteiger partial charge in [0, 0.05) is 30.5 Å². The molecule has 2 N–H and O–H groups in total. The quantitative estimate of drug-likeness (QED) is 0.885. The molecular formula is C17H23N3O. The maximum atomic E-state index is 9.43. The second-order valence-electron chi connectivity index (χ2n) is 5.83. The van der Waals surface area contributed by atoms with Gasteiger partial charge in [-0.05, 0) is 43.4 Å². The van der Waals surface area contributed by atoms with E-state index in [-0.39, 0.29) is 0 Å². The van der Waals surface area contributed by atoms with Crippen molar-refractivity contribution in [2.75, 3.05) is 0 Å². The van der Waals surface area contributed by atoms with Crippen molar-refractivity contribution in [3.05, 3.63) is 48.5 Å². The molecule has 4 nitrogen and oxygen atoms in total. The zero-order chi connectivity index (χ0) is 14.7. The van der Waals surface area contributed by atoms with Gasteiger partial charge in [0.15, 0.2) is 0 Å². The lowest BCUT2D eigenvalue weighted by Gasteiger charge is -2.27. The SMILES string of the molecule is CCC(NC1CCCC1n1ccnc1)c1ccc(O)cc1. The lowest BCUT2D eigenvalue weighted by molar-refractivity contribution is 0.348. The number of phenols is 1. The highest BCUT2D eigenvalue weighted by molar-refractivity contribution is 5.28. The van der Waals surface area contributed by atoms with Crippen LogP contribution in [0.3, 0.4) is 0 Å². The summed E-state index contributed by atoms with van der Waals surface area (Å²) in [6.45, 7) is 2.20. The number of nitrogens with zero attached hydrogens (tertiary/aromatic N) is 2. The summed E-state index contributed by atoms with van der Waals surface area (Å²) in [5, 5.41) is 13.2. The molecule has 21 heavy (non-hydrogen) atoms. The molecule has 1 aromatic heterocycles. The highest BCUT2D eigenvalue weighted by Gasteiger charge is 2.29. The minimum Gasteiger partial charge on any atom is -0.508 e. The van der Waals surface area contributed by atoms with Crippen molar-refractivity contribution in [1.82, 2.24) is 14.9 Å². The third-order valence-electron chi connectivity index (χ3n) is 4.51. The van der Waals surface area contributed by atoms with Gasteiger partial charge >= 0.3 is 0 Å². The predicted octanol–water partition coefficient (Wildman–Crippen LogP) is 3.42. The molecule has 1 aromatic carbocycles. The maximum absolute atomic E-state index is 9.43. The average molecular weight is 285 g/mol. The fraction of sp³-hybridized carbons (Fsp3) is 0.471. The van der Waals surface area contributed by atoms with E-state index in [0.717, 1.165) is 6.42 Å². The van der Waals surface area contributed by atoms with Crippen LogP contribution in [-0.2, 0) is 0 Å². The van der Waals surface area contributed by atoms with E-state index in [1.807, 2.05) is 24.7 Å². The first kappa shape index (κ1) is 14.1. The van der Waals surface area contributed by atoms with Gasteiger partial charge in [0.05, 0.1) is 6.33 Å². The van der Waals surface area contributed by atoms with Crippen LogP contribution < -0.4 is 5.32 Å². The average Bonchev–Trinajstić information content (AvgIpc) is 3.16. The molecule has 0 amide bonds. The third-order valence-corrected chi connectivity index (χ3v) is 4.51. The van der Waals surface area contributed by atoms with Crippen LogP contribution in [0, 0.1) is 0 Å². The molecule has 1 fully saturated rings. The largest absolute Gasteiger partial charge is 0.508 e.